The van der Waals surface area contributed by atoms with Gasteiger partial charge in [-0.15, -0.1) is 0 Å². The number of nitriles is 2. The Hall–Kier alpha value is -2.20. The van der Waals surface area contributed by atoms with E-state index in [4.69, 9.17) is 20.0 Å². The molecule has 0 bridgehead atoms. The molecule has 1 aromatic rings. The molecule has 4 nitrogen and oxygen atoms in total. The largest absolute Gasteiger partial charge is 0.493 e. The zero-order chi connectivity index (χ0) is 11.3. The molecule has 0 aromatic heterocycles. The van der Waals surface area contributed by atoms with Crippen LogP contribution in [0, 0.1) is 22.7 Å². The summed E-state index contributed by atoms with van der Waals surface area (Å²) in [5.74, 6) is 1.03. The van der Waals surface area contributed by atoms with E-state index in [1.165, 1.54) is 14.2 Å². The number of rotatable bonds is 3. The minimum atomic E-state index is 0.184. The van der Waals surface area contributed by atoms with Crippen LogP contribution in [0.15, 0.2) is 12.1 Å². The van der Waals surface area contributed by atoms with Gasteiger partial charge in [0.1, 0.15) is 0 Å². The predicted octanol–water partition coefficient (Wildman–Crippen LogP) is 1.64. The molecule has 15 heavy (non-hydrogen) atoms. The van der Waals surface area contributed by atoms with Crippen molar-refractivity contribution in [2.24, 2.45) is 0 Å². The van der Waals surface area contributed by atoms with Gasteiger partial charge in [-0.1, -0.05) is 0 Å². The monoisotopic (exact) mass is 202 g/mol. The average molecular weight is 202 g/mol. The van der Waals surface area contributed by atoms with Crippen LogP contribution in [-0.2, 0) is 6.42 Å². The maximum absolute atomic E-state index is 8.87. The highest BCUT2D eigenvalue weighted by atomic mass is 16.5. The minimum Gasteiger partial charge on any atom is -0.493 e. The molecule has 0 aliphatic carbocycles. The summed E-state index contributed by atoms with van der Waals surface area (Å²) in [5.41, 5.74) is 1.09. The maximum atomic E-state index is 8.87. The summed E-state index contributed by atoms with van der Waals surface area (Å²) < 4.78 is 10.1. The quantitative estimate of drug-likeness (QED) is 0.747. The number of hydrogen-bond acceptors (Lipinski definition) is 4. The lowest BCUT2D eigenvalue weighted by Gasteiger charge is -2.09. The van der Waals surface area contributed by atoms with Gasteiger partial charge in [-0.05, 0) is 11.6 Å². The zero-order valence-corrected chi connectivity index (χ0v) is 8.57. The number of methoxy groups -OCH3 is 2. The van der Waals surface area contributed by atoms with Crippen molar-refractivity contribution < 1.29 is 9.47 Å². The molecule has 0 saturated heterocycles. The summed E-state index contributed by atoms with van der Waals surface area (Å²) in [6.45, 7) is 0. The van der Waals surface area contributed by atoms with Gasteiger partial charge in [-0.3, -0.25) is 0 Å². The van der Waals surface area contributed by atoms with Crippen molar-refractivity contribution >= 4 is 0 Å². The van der Waals surface area contributed by atoms with E-state index in [-0.39, 0.29) is 6.42 Å². The molecule has 0 aliphatic heterocycles. The van der Waals surface area contributed by atoms with Crippen molar-refractivity contribution in [3.63, 3.8) is 0 Å². The Bertz CT molecular complexity index is 441. The van der Waals surface area contributed by atoms with Crippen molar-refractivity contribution in [3.05, 3.63) is 23.3 Å². The first-order valence-corrected chi connectivity index (χ1v) is 4.28. The van der Waals surface area contributed by atoms with Crippen LogP contribution in [0.1, 0.15) is 11.1 Å². The maximum Gasteiger partial charge on any atom is 0.162 e. The van der Waals surface area contributed by atoms with Crippen LogP contribution < -0.4 is 9.47 Å². The van der Waals surface area contributed by atoms with Crippen LogP contribution in [0.5, 0.6) is 11.5 Å². The molecule has 76 valence electrons. The molecule has 0 aliphatic rings. The summed E-state index contributed by atoms with van der Waals surface area (Å²) in [7, 11) is 3.02. The molecule has 0 N–H and O–H groups in total. The smallest absolute Gasteiger partial charge is 0.162 e. The molecule has 1 rings (SSSR count). The normalized spacial score (nSPS) is 8.80. The van der Waals surface area contributed by atoms with Gasteiger partial charge in [0, 0.05) is 6.07 Å². The fourth-order valence-corrected chi connectivity index (χ4v) is 1.26. The SMILES string of the molecule is COc1cc(C#N)c(CC#N)cc1OC. The third-order valence-corrected chi connectivity index (χ3v) is 2.00. The highest BCUT2D eigenvalue weighted by Crippen LogP contribution is 2.30. The Morgan fingerprint density at radius 1 is 1.13 bits per heavy atom. The van der Waals surface area contributed by atoms with E-state index >= 15 is 0 Å². The van der Waals surface area contributed by atoms with E-state index in [0.29, 0.717) is 22.6 Å². The third kappa shape index (κ3) is 2.18. The molecule has 0 amide bonds. The van der Waals surface area contributed by atoms with Gasteiger partial charge in [-0.2, -0.15) is 10.5 Å². The number of nitrogens with zero attached hydrogens (tertiary/aromatic N) is 2. The van der Waals surface area contributed by atoms with E-state index in [2.05, 4.69) is 0 Å². The standard InChI is InChI=1S/C11H10N2O2/c1-14-10-5-8(3-4-12)9(7-13)6-11(10)15-2/h5-6H,3H2,1-2H3. The molecule has 0 saturated carbocycles. The Labute approximate surface area is 88.3 Å². The van der Waals surface area contributed by atoms with Gasteiger partial charge in [0.05, 0.1) is 38.3 Å². The van der Waals surface area contributed by atoms with Crippen molar-refractivity contribution in [1.29, 1.82) is 10.5 Å². The summed E-state index contributed by atoms with van der Waals surface area (Å²) in [5, 5.41) is 17.5. The molecule has 0 unspecified atom stereocenters. The van der Waals surface area contributed by atoms with Crippen molar-refractivity contribution in [3.8, 4) is 23.6 Å². The van der Waals surface area contributed by atoms with E-state index in [1.807, 2.05) is 12.1 Å². The molecular weight excluding hydrogens is 192 g/mol. The highest BCUT2D eigenvalue weighted by Gasteiger charge is 2.10. The third-order valence-electron chi connectivity index (χ3n) is 2.00. The molecule has 0 atom stereocenters. The Morgan fingerprint density at radius 3 is 2.20 bits per heavy atom. The lowest BCUT2D eigenvalue weighted by molar-refractivity contribution is 0.354. The fourth-order valence-electron chi connectivity index (χ4n) is 1.26. The van der Waals surface area contributed by atoms with Crippen molar-refractivity contribution in [2.45, 2.75) is 6.42 Å². The minimum absolute atomic E-state index is 0.184. The van der Waals surface area contributed by atoms with Crippen LogP contribution in [0.25, 0.3) is 0 Å². The van der Waals surface area contributed by atoms with Crippen LogP contribution >= 0.6 is 0 Å². The van der Waals surface area contributed by atoms with Gasteiger partial charge >= 0.3 is 0 Å². The van der Waals surface area contributed by atoms with Gasteiger partial charge in [-0.25, -0.2) is 0 Å². The number of benzene rings is 1. The van der Waals surface area contributed by atoms with E-state index in [9.17, 15) is 0 Å². The van der Waals surface area contributed by atoms with Gasteiger partial charge in [0.2, 0.25) is 0 Å². The van der Waals surface area contributed by atoms with Gasteiger partial charge < -0.3 is 9.47 Å². The summed E-state index contributed by atoms with van der Waals surface area (Å²) in [4.78, 5) is 0. The molecule has 0 fully saturated rings. The highest BCUT2D eigenvalue weighted by molar-refractivity contribution is 5.52. The van der Waals surface area contributed by atoms with Crippen LogP contribution in [0.3, 0.4) is 0 Å². The topological polar surface area (TPSA) is 66.0 Å². The van der Waals surface area contributed by atoms with Gasteiger partial charge in [0.15, 0.2) is 11.5 Å². The molecule has 0 heterocycles. The van der Waals surface area contributed by atoms with E-state index in [1.54, 1.807) is 12.1 Å². The van der Waals surface area contributed by atoms with Crippen molar-refractivity contribution in [1.82, 2.24) is 0 Å². The number of hydrogen-bond donors (Lipinski definition) is 0. The van der Waals surface area contributed by atoms with Crippen molar-refractivity contribution in [2.75, 3.05) is 14.2 Å². The Morgan fingerprint density at radius 2 is 1.73 bits per heavy atom. The second-order valence-electron chi connectivity index (χ2n) is 2.81. The van der Waals surface area contributed by atoms with Crippen LogP contribution in [-0.4, -0.2) is 14.2 Å². The van der Waals surface area contributed by atoms with E-state index < -0.39 is 0 Å². The molecule has 0 spiro atoms. The second kappa shape index (κ2) is 4.88. The predicted molar refractivity (Wildman–Crippen MR) is 53.6 cm³/mol. The molecule has 0 radical (unpaired) electrons. The second-order valence-corrected chi connectivity index (χ2v) is 2.81. The molecule has 4 heteroatoms. The summed E-state index contributed by atoms with van der Waals surface area (Å²) in [6.07, 6.45) is 0.184. The molecular formula is C11H10N2O2. The van der Waals surface area contributed by atoms with Gasteiger partial charge in [0.25, 0.3) is 0 Å². The van der Waals surface area contributed by atoms with E-state index in [0.717, 1.165) is 0 Å². The summed E-state index contributed by atoms with van der Waals surface area (Å²) >= 11 is 0. The lowest BCUT2D eigenvalue weighted by atomic mass is 10.1. The first kappa shape index (κ1) is 10.9. The van der Waals surface area contributed by atoms with Crippen LogP contribution in [0.4, 0.5) is 0 Å². The molecule has 1 aromatic carbocycles. The average Bonchev–Trinajstić information content (AvgIpc) is 2.28. The first-order valence-electron chi connectivity index (χ1n) is 4.28. The Balaban J connectivity index is 3.30. The van der Waals surface area contributed by atoms with Crippen LogP contribution in [0.2, 0.25) is 0 Å². The summed E-state index contributed by atoms with van der Waals surface area (Å²) in [6, 6.07) is 7.25. The lowest BCUT2D eigenvalue weighted by Crippen LogP contribution is -1.95. The first-order chi connectivity index (χ1) is 7.26. The number of ether oxygens (including phenoxy) is 2. The zero-order valence-electron chi connectivity index (χ0n) is 8.57. The fraction of sp³-hybridized carbons (Fsp3) is 0.273. The Kier molecular flexibility index (Phi) is 3.54.